The van der Waals surface area contributed by atoms with Gasteiger partial charge in [-0.3, -0.25) is 15.0 Å². The second-order valence-corrected chi connectivity index (χ2v) is 11.6. The number of nitrogens with one attached hydrogen (secondary N) is 1. The lowest BCUT2D eigenvalue weighted by molar-refractivity contribution is -0.134. The summed E-state index contributed by atoms with van der Waals surface area (Å²) in [5.74, 6) is -0.707. The number of sulfonamides is 1. The van der Waals surface area contributed by atoms with E-state index in [1.54, 1.807) is 16.8 Å². The Morgan fingerprint density at radius 1 is 1.22 bits per heavy atom. The first-order chi connectivity index (χ1) is 14.9. The fourth-order valence-corrected chi connectivity index (χ4v) is 7.43. The second-order valence-electron chi connectivity index (χ2n) is 8.11. The molecular weight excluding hydrogens is 474 g/mol. The molecule has 2 N–H and O–H groups in total. The third kappa shape index (κ3) is 4.57. The van der Waals surface area contributed by atoms with Crippen molar-refractivity contribution >= 4 is 39.7 Å². The van der Waals surface area contributed by atoms with E-state index in [4.69, 9.17) is 4.74 Å². The fraction of sp³-hybridized carbons (Fsp3) is 0.524. The van der Waals surface area contributed by atoms with Gasteiger partial charge in [0, 0.05) is 72.3 Å². The number of amides is 1. The number of hydrogen-bond donors (Lipinski definition) is 2. The molecule has 0 radical (unpaired) electrons. The van der Waals surface area contributed by atoms with Gasteiger partial charge in [-0.25, -0.2) is 18.2 Å². The van der Waals surface area contributed by atoms with E-state index in [1.807, 2.05) is 12.3 Å². The summed E-state index contributed by atoms with van der Waals surface area (Å²) >= 11 is 1.73. The van der Waals surface area contributed by atoms with Gasteiger partial charge in [0.05, 0.1) is 0 Å². The lowest BCUT2D eigenvalue weighted by Gasteiger charge is -2.40. The average Bonchev–Trinajstić information content (AvgIpc) is 3.25. The molecule has 0 unspecified atom stereocenters. The van der Waals surface area contributed by atoms with Crippen LogP contribution in [0.25, 0.3) is 10.4 Å². The number of pyridine rings is 1. The first-order valence-electron chi connectivity index (χ1n) is 10.4. The molecule has 2 aromatic rings. The van der Waals surface area contributed by atoms with Crippen molar-refractivity contribution in [3.63, 3.8) is 0 Å². The first-order valence-corrected chi connectivity index (χ1v) is 12.7. The Hall–Kier alpha value is -1.56. The van der Waals surface area contributed by atoms with E-state index in [0.29, 0.717) is 25.9 Å². The highest BCUT2D eigenvalue weighted by Gasteiger charge is 2.54. The summed E-state index contributed by atoms with van der Waals surface area (Å²) < 4.78 is 31.8. The van der Waals surface area contributed by atoms with Gasteiger partial charge in [-0.1, -0.05) is 6.07 Å². The standard InChI is InChI=1S/C21H27N3O5S2.ClH/c1-15-2-5-19(30-15)17-3-4-18(22-14-17)16-6-10-24(11-7-16)31(27,28)21(20(25)23-26)8-12-29-13-9-21;/h2-5,14,16,26H,6-13H2,1H3,(H,23,25);1H. The summed E-state index contributed by atoms with van der Waals surface area (Å²) in [5, 5.41) is 9.18. The molecular formula is C21H28ClN3O5S2. The Balaban J connectivity index is 0.00000289. The van der Waals surface area contributed by atoms with Gasteiger partial charge in [-0.05, 0) is 38.0 Å². The predicted octanol–water partition coefficient (Wildman–Crippen LogP) is 3.10. The smallest absolute Gasteiger partial charge is 0.266 e. The second kappa shape index (κ2) is 10.1. The number of hydrogen-bond acceptors (Lipinski definition) is 7. The summed E-state index contributed by atoms with van der Waals surface area (Å²) in [5.41, 5.74) is 3.61. The Morgan fingerprint density at radius 2 is 1.91 bits per heavy atom. The van der Waals surface area contributed by atoms with Crippen LogP contribution in [-0.4, -0.2) is 59.9 Å². The maximum absolute atomic E-state index is 13.4. The Labute approximate surface area is 198 Å². The van der Waals surface area contributed by atoms with Crippen molar-refractivity contribution in [2.75, 3.05) is 26.3 Å². The van der Waals surface area contributed by atoms with Gasteiger partial charge in [-0.2, -0.15) is 0 Å². The lowest BCUT2D eigenvalue weighted by atomic mass is 9.94. The Morgan fingerprint density at radius 3 is 2.44 bits per heavy atom. The van der Waals surface area contributed by atoms with Gasteiger partial charge in [0.25, 0.3) is 5.91 Å². The number of aryl methyl sites for hydroxylation is 1. The summed E-state index contributed by atoms with van der Waals surface area (Å²) in [6.45, 7) is 3.06. The van der Waals surface area contributed by atoms with Crippen molar-refractivity contribution in [2.24, 2.45) is 0 Å². The van der Waals surface area contributed by atoms with Gasteiger partial charge < -0.3 is 4.74 Å². The van der Waals surface area contributed by atoms with Gasteiger partial charge in [0.1, 0.15) is 0 Å². The monoisotopic (exact) mass is 501 g/mol. The molecule has 0 spiro atoms. The highest BCUT2D eigenvalue weighted by atomic mass is 35.5. The number of thiophene rings is 1. The molecule has 0 saturated carbocycles. The topological polar surface area (TPSA) is 109 Å². The van der Waals surface area contributed by atoms with Crippen LogP contribution in [0.4, 0.5) is 0 Å². The van der Waals surface area contributed by atoms with Crippen molar-refractivity contribution in [2.45, 2.75) is 43.3 Å². The van der Waals surface area contributed by atoms with E-state index in [9.17, 15) is 18.4 Å². The summed E-state index contributed by atoms with van der Waals surface area (Å²) in [6, 6.07) is 8.28. The van der Waals surface area contributed by atoms with Crippen LogP contribution in [0.1, 0.15) is 42.2 Å². The van der Waals surface area contributed by atoms with Gasteiger partial charge in [0.2, 0.25) is 10.0 Å². The molecule has 0 bridgehead atoms. The number of piperidine rings is 1. The normalized spacial score (nSPS) is 19.8. The van der Waals surface area contributed by atoms with Crippen molar-refractivity contribution < 1.29 is 23.2 Å². The van der Waals surface area contributed by atoms with Crippen molar-refractivity contribution in [3.05, 3.63) is 41.0 Å². The molecule has 2 aromatic heterocycles. The van der Waals surface area contributed by atoms with Crippen LogP contribution in [0.15, 0.2) is 30.5 Å². The van der Waals surface area contributed by atoms with E-state index in [2.05, 4.69) is 30.1 Å². The number of carbonyl (C=O) groups excluding carboxylic acids is 1. The first kappa shape index (κ1) is 25.1. The SMILES string of the molecule is Cc1ccc(-c2ccc(C3CCN(S(=O)(=O)C4(C(=O)NO)CCOCC4)CC3)nc2)s1.Cl. The molecule has 0 aliphatic carbocycles. The fourth-order valence-electron chi connectivity index (χ4n) is 4.43. The molecule has 2 aliphatic heterocycles. The van der Waals surface area contributed by atoms with E-state index in [0.717, 1.165) is 11.3 Å². The zero-order chi connectivity index (χ0) is 22.1. The Kier molecular flexibility index (Phi) is 7.95. The van der Waals surface area contributed by atoms with Crippen LogP contribution >= 0.6 is 23.7 Å². The largest absolute Gasteiger partial charge is 0.381 e. The minimum absolute atomic E-state index is 0. The molecule has 4 rings (SSSR count). The number of nitrogens with zero attached hydrogens (tertiary/aromatic N) is 2. The third-order valence-electron chi connectivity index (χ3n) is 6.33. The number of hydroxylamine groups is 1. The quantitative estimate of drug-likeness (QED) is 0.481. The molecule has 0 aromatic carbocycles. The maximum Gasteiger partial charge on any atom is 0.266 e. The van der Waals surface area contributed by atoms with E-state index in [-0.39, 0.29) is 44.4 Å². The van der Waals surface area contributed by atoms with E-state index < -0.39 is 20.7 Å². The van der Waals surface area contributed by atoms with E-state index in [1.165, 1.54) is 14.1 Å². The number of rotatable bonds is 5. The van der Waals surface area contributed by atoms with Crippen LogP contribution in [0, 0.1) is 6.92 Å². The predicted molar refractivity (Wildman–Crippen MR) is 125 cm³/mol. The minimum atomic E-state index is -3.94. The summed E-state index contributed by atoms with van der Waals surface area (Å²) in [6.07, 6.45) is 3.22. The van der Waals surface area contributed by atoms with Crippen LogP contribution in [0.2, 0.25) is 0 Å². The Bertz CT molecular complexity index is 1030. The van der Waals surface area contributed by atoms with Crippen LogP contribution < -0.4 is 5.48 Å². The molecule has 32 heavy (non-hydrogen) atoms. The van der Waals surface area contributed by atoms with Gasteiger partial charge >= 0.3 is 0 Å². The highest BCUT2D eigenvalue weighted by molar-refractivity contribution is 7.91. The molecule has 2 fully saturated rings. The molecule has 2 saturated heterocycles. The summed E-state index contributed by atoms with van der Waals surface area (Å²) in [4.78, 5) is 19.5. The zero-order valence-corrected chi connectivity index (χ0v) is 20.3. The highest BCUT2D eigenvalue weighted by Crippen LogP contribution is 2.37. The van der Waals surface area contributed by atoms with Gasteiger partial charge in [-0.15, -0.1) is 23.7 Å². The van der Waals surface area contributed by atoms with Crippen molar-refractivity contribution in [3.8, 4) is 10.4 Å². The van der Waals surface area contributed by atoms with E-state index >= 15 is 0 Å². The van der Waals surface area contributed by atoms with Crippen LogP contribution in [0.5, 0.6) is 0 Å². The van der Waals surface area contributed by atoms with Crippen molar-refractivity contribution in [1.82, 2.24) is 14.8 Å². The van der Waals surface area contributed by atoms with Crippen LogP contribution in [0.3, 0.4) is 0 Å². The van der Waals surface area contributed by atoms with Crippen LogP contribution in [-0.2, 0) is 19.6 Å². The maximum atomic E-state index is 13.4. The van der Waals surface area contributed by atoms with Crippen molar-refractivity contribution in [1.29, 1.82) is 0 Å². The summed E-state index contributed by atoms with van der Waals surface area (Å²) in [7, 11) is -3.94. The van der Waals surface area contributed by atoms with Gasteiger partial charge in [0.15, 0.2) is 4.75 Å². The molecule has 4 heterocycles. The zero-order valence-electron chi connectivity index (χ0n) is 17.8. The number of halogens is 1. The average molecular weight is 502 g/mol. The number of aromatic nitrogens is 1. The number of carbonyl (C=O) groups is 1. The lowest BCUT2D eigenvalue weighted by Crippen LogP contribution is -2.60. The minimum Gasteiger partial charge on any atom is -0.381 e. The molecule has 0 atom stereocenters. The molecule has 2 aliphatic rings. The molecule has 8 nitrogen and oxygen atoms in total. The molecule has 11 heteroatoms. The third-order valence-corrected chi connectivity index (χ3v) is 10.0. The molecule has 176 valence electrons. The molecule has 1 amide bonds. The number of ether oxygens (including phenoxy) is 1.